The number of piperidine rings is 1. The molecule has 1 N–H and O–H groups in total. The third kappa shape index (κ3) is 4.02. The fourth-order valence-corrected chi connectivity index (χ4v) is 3.91. The van der Waals surface area contributed by atoms with Crippen LogP contribution in [0.3, 0.4) is 0 Å². The number of benzene rings is 1. The van der Waals surface area contributed by atoms with Crippen LogP contribution in [0.2, 0.25) is 0 Å². The van der Waals surface area contributed by atoms with Gasteiger partial charge in [-0.3, -0.25) is 4.98 Å². The summed E-state index contributed by atoms with van der Waals surface area (Å²) in [6.45, 7) is 6.41. The molecule has 2 aromatic rings. The standard InChI is InChI=1S/C22H23F3N2O2/c1-15(16-2-5-19(6-3-16)21(28)13-29-14-21)27-10-8-17(9-11-27)18-4-7-20(26-12-18)22(23,24)25/h2-7,12,17,28H,1,8-11,13-14H2. The largest absolute Gasteiger partial charge is 0.433 e. The summed E-state index contributed by atoms with van der Waals surface area (Å²) in [5, 5.41) is 10.3. The van der Waals surface area contributed by atoms with Crippen LogP contribution in [0.15, 0.2) is 49.2 Å². The van der Waals surface area contributed by atoms with E-state index in [4.69, 9.17) is 4.74 Å². The van der Waals surface area contributed by atoms with E-state index in [-0.39, 0.29) is 5.92 Å². The lowest BCUT2D eigenvalue weighted by Crippen LogP contribution is -2.46. The molecule has 2 aliphatic rings. The quantitative estimate of drug-likeness (QED) is 0.831. The van der Waals surface area contributed by atoms with Gasteiger partial charge >= 0.3 is 6.18 Å². The van der Waals surface area contributed by atoms with Crippen molar-refractivity contribution in [1.29, 1.82) is 0 Å². The van der Waals surface area contributed by atoms with Gasteiger partial charge in [-0.05, 0) is 41.5 Å². The van der Waals surface area contributed by atoms with Crippen molar-refractivity contribution in [3.05, 3.63) is 71.6 Å². The Hall–Kier alpha value is -2.38. The van der Waals surface area contributed by atoms with E-state index >= 15 is 0 Å². The third-order valence-electron chi connectivity index (χ3n) is 5.86. The Balaban J connectivity index is 1.36. The Kier molecular flexibility index (Phi) is 5.12. The predicted octanol–water partition coefficient (Wildman–Crippen LogP) is 4.17. The highest BCUT2D eigenvalue weighted by atomic mass is 19.4. The van der Waals surface area contributed by atoms with Crippen molar-refractivity contribution in [3.63, 3.8) is 0 Å². The van der Waals surface area contributed by atoms with Crippen LogP contribution >= 0.6 is 0 Å². The fourth-order valence-electron chi connectivity index (χ4n) is 3.91. The minimum absolute atomic E-state index is 0.198. The molecule has 4 nitrogen and oxygen atoms in total. The Labute approximate surface area is 167 Å². The van der Waals surface area contributed by atoms with Crippen molar-refractivity contribution in [2.45, 2.75) is 30.5 Å². The van der Waals surface area contributed by atoms with Gasteiger partial charge in [-0.25, -0.2) is 0 Å². The zero-order chi connectivity index (χ0) is 20.6. The highest BCUT2D eigenvalue weighted by Crippen LogP contribution is 2.34. The Morgan fingerprint density at radius 1 is 1.10 bits per heavy atom. The molecule has 1 aromatic heterocycles. The SMILES string of the molecule is C=C(c1ccc(C2(O)COC2)cc1)N1CCC(c2ccc(C(F)(F)F)nc2)CC1. The molecule has 29 heavy (non-hydrogen) atoms. The summed E-state index contributed by atoms with van der Waals surface area (Å²) in [4.78, 5) is 5.78. The number of hydrogen-bond donors (Lipinski definition) is 1. The van der Waals surface area contributed by atoms with Crippen molar-refractivity contribution in [2.24, 2.45) is 0 Å². The van der Waals surface area contributed by atoms with Crippen molar-refractivity contribution in [2.75, 3.05) is 26.3 Å². The van der Waals surface area contributed by atoms with Gasteiger partial charge in [0.25, 0.3) is 0 Å². The summed E-state index contributed by atoms with van der Waals surface area (Å²) in [6, 6.07) is 10.3. The first kappa shape index (κ1) is 19.9. The van der Waals surface area contributed by atoms with E-state index in [0.29, 0.717) is 13.2 Å². The fraction of sp³-hybridized carbons (Fsp3) is 0.409. The van der Waals surface area contributed by atoms with Crippen LogP contribution < -0.4 is 0 Å². The molecule has 0 radical (unpaired) electrons. The van der Waals surface area contributed by atoms with E-state index in [1.54, 1.807) is 6.07 Å². The van der Waals surface area contributed by atoms with Crippen molar-refractivity contribution >= 4 is 5.70 Å². The van der Waals surface area contributed by atoms with Gasteiger partial charge in [0.05, 0.1) is 13.2 Å². The highest BCUT2D eigenvalue weighted by Gasteiger charge is 2.38. The summed E-state index contributed by atoms with van der Waals surface area (Å²) in [7, 11) is 0. The van der Waals surface area contributed by atoms with Crippen LogP contribution in [0.5, 0.6) is 0 Å². The minimum Gasteiger partial charge on any atom is -0.380 e. The van der Waals surface area contributed by atoms with Gasteiger partial charge in [-0.15, -0.1) is 0 Å². The van der Waals surface area contributed by atoms with Gasteiger partial charge in [0.1, 0.15) is 11.3 Å². The van der Waals surface area contributed by atoms with Crippen LogP contribution in [0.4, 0.5) is 13.2 Å². The first-order chi connectivity index (χ1) is 13.8. The lowest BCUT2D eigenvalue weighted by molar-refractivity contribution is -0.184. The number of likely N-dealkylation sites (tertiary alicyclic amines) is 1. The molecule has 0 bridgehead atoms. The number of aromatic nitrogens is 1. The first-order valence-electron chi connectivity index (χ1n) is 9.64. The van der Waals surface area contributed by atoms with E-state index in [9.17, 15) is 18.3 Å². The Morgan fingerprint density at radius 2 is 1.76 bits per heavy atom. The average molecular weight is 404 g/mol. The summed E-state index contributed by atoms with van der Waals surface area (Å²) in [5.74, 6) is 0.198. The van der Waals surface area contributed by atoms with Crippen LogP contribution in [0.1, 0.15) is 41.1 Å². The maximum absolute atomic E-state index is 12.7. The molecule has 0 amide bonds. The van der Waals surface area contributed by atoms with Crippen molar-refractivity contribution in [3.8, 4) is 0 Å². The second-order valence-corrected chi connectivity index (χ2v) is 7.78. The topological polar surface area (TPSA) is 45.6 Å². The maximum Gasteiger partial charge on any atom is 0.433 e. The van der Waals surface area contributed by atoms with E-state index in [1.807, 2.05) is 24.3 Å². The van der Waals surface area contributed by atoms with Gasteiger partial charge < -0.3 is 14.7 Å². The van der Waals surface area contributed by atoms with E-state index < -0.39 is 17.5 Å². The zero-order valence-electron chi connectivity index (χ0n) is 16.0. The van der Waals surface area contributed by atoms with Gasteiger partial charge in [0.15, 0.2) is 0 Å². The number of ether oxygens (including phenoxy) is 1. The smallest absolute Gasteiger partial charge is 0.380 e. The molecule has 4 rings (SSSR count). The Bertz CT molecular complexity index is 866. The van der Waals surface area contributed by atoms with Crippen LogP contribution in [0.25, 0.3) is 5.70 Å². The molecule has 0 atom stereocenters. The maximum atomic E-state index is 12.7. The first-order valence-corrected chi connectivity index (χ1v) is 9.64. The zero-order valence-corrected chi connectivity index (χ0v) is 16.0. The predicted molar refractivity (Wildman–Crippen MR) is 103 cm³/mol. The van der Waals surface area contributed by atoms with Gasteiger partial charge in [0, 0.05) is 25.0 Å². The van der Waals surface area contributed by atoms with Gasteiger partial charge in [0.2, 0.25) is 0 Å². The summed E-state index contributed by atoms with van der Waals surface area (Å²) in [5.41, 5.74) is 1.86. The molecule has 2 fully saturated rings. The minimum atomic E-state index is -4.41. The van der Waals surface area contributed by atoms with Crippen molar-refractivity contribution < 1.29 is 23.0 Å². The molecule has 0 spiro atoms. The van der Waals surface area contributed by atoms with Gasteiger partial charge in [-0.2, -0.15) is 13.2 Å². The second-order valence-electron chi connectivity index (χ2n) is 7.78. The number of nitrogens with zero attached hydrogens (tertiary/aromatic N) is 2. The number of hydrogen-bond acceptors (Lipinski definition) is 4. The van der Waals surface area contributed by atoms with Crippen molar-refractivity contribution in [1.82, 2.24) is 9.88 Å². The number of rotatable bonds is 4. The highest BCUT2D eigenvalue weighted by molar-refractivity contribution is 5.62. The third-order valence-corrected chi connectivity index (χ3v) is 5.86. The molecule has 2 aliphatic heterocycles. The number of halogens is 3. The summed E-state index contributed by atoms with van der Waals surface area (Å²) >= 11 is 0. The van der Waals surface area contributed by atoms with E-state index in [2.05, 4.69) is 16.5 Å². The lowest BCUT2D eigenvalue weighted by Gasteiger charge is -2.37. The van der Waals surface area contributed by atoms with Crippen LogP contribution in [-0.2, 0) is 16.5 Å². The van der Waals surface area contributed by atoms with Crippen LogP contribution in [0, 0.1) is 0 Å². The molecule has 7 heteroatoms. The molecule has 3 heterocycles. The Morgan fingerprint density at radius 3 is 2.24 bits per heavy atom. The molecule has 1 aromatic carbocycles. The molecule has 0 saturated carbocycles. The van der Waals surface area contributed by atoms with Crippen LogP contribution in [-0.4, -0.2) is 41.3 Å². The molecular formula is C22H23F3N2O2. The van der Waals surface area contributed by atoms with Gasteiger partial charge in [-0.1, -0.05) is 36.9 Å². The normalized spacial score (nSPS) is 19.7. The lowest BCUT2D eigenvalue weighted by atomic mass is 9.89. The molecule has 2 saturated heterocycles. The molecule has 0 unspecified atom stereocenters. The van der Waals surface area contributed by atoms with E-state index in [1.165, 1.54) is 6.20 Å². The molecule has 0 aliphatic carbocycles. The summed E-state index contributed by atoms with van der Waals surface area (Å²) < 4.78 is 43.1. The number of pyridine rings is 1. The molecule has 154 valence electrons. The number of aliphatic hydroxyl groups is 1. The molecular weight excluding hydrogens is 381 g/mol. The second kappa shape index (κ2) is 7.46. The number of alkyl halides is 3. The van der Waals surface area contributed by atoms with E-state index in [0.717, 1.165) is 54.4 Å². The summed E-state index contributed by atoms with van der Waals surface area (Å²) in [6.07, 6.45) is -1.38. The average Bonchev–Trinajstić information content (AvgIpc) is 2.71. The monoisotopic (exact) mass is 404 g/mol.